The fourth-order valence-corrected chi connectivity index (χ4v) is 5.01. The number of aromatic nitrogens is 3. The van der Waals surface area contributed by atoms with Crippen molar-refractivity contribution in [2.45, 2.75) is 38.8 Å². The third kappa shape index (κ3) is 4.53. The van der Waals surface area contributed by atoms with Gasteiger partial charge in [-0.05, 0) is 60.6 Å². The molecule has 174 valence electrons. The lowest BCUT2D eigenvalue weighted by Gasteiger charge is -2.29. The average molecular weight is 456 g/mol. The van der Waals surface area contributed by atoms with E-state index in [9.17, 15) is 4.79 Å². The molecular formula is C27H29N5O2. The normalized spacial score (nSPS) is 15.4. The average Bonchev–Trinajstić information content (AvgIpc) is 3.58. The number of hydrogen-bond donors (Lipinski definition) is 4. The van der Waals surface area contributed by atoms with E-state index in [4.69, 9.17) is 5.21 Å². The maximum absolute atomic E-state index is 11.3. The SMILES string of the molecule is Cc1[nH]ncc1CN(CCc1c[nH]c2ccccc12)C1CCc2cc(C=CC(=O)NO)ccc21. The summed E-state index contributed by atoms with van der Waals surface area (Å²) < 4.78 is 0. The summed E-state index contributed by atoms with van der Waals surface area (Å²) in [4.78, 5) is 17.3. The minimum Gasteiger partial charge on any atom is -0.361 e. The van der Waals surface area contributed by atoms with Crippen molar-refractivity contribution >= 4 is 22.9 Å². The summed E-state index contributed by atoms with van der Waals surface area (Å²) in [6, 6.07) is 15.2. The number of para-hydroxylation sites is 1. The molecule has 0 fully saturated rings. The number of H-pyrrole nitrogens is 2. The maximum Gasteiger partial charge on any atom is 0.267 e. The number of fused-ring (bicyclic) bond motifs is 2. The van der Waals surface area contributed by atoms with Crippen LogP contribution in [0.1, 0.15) is 46.0 Å². The van der Waals surface area contributed by atoms with Crippen LogP contribution in [0, 0.1) is 6.92 Å². The van der Waals surface area contributed by atoms with Crippen LogP contribution in [-0.2, 0) is 24.2 Å². The van der Waals surface area contributed by atoms with E-state index in [0.29, 0.717) is 6.04 Å². The van der Waals surface area contributed by atoms with Crippen LogP contribution in [0.15, 0.2) is 60.9 Å². The Kier molecular flexibility index (Phi) is 6.29. The lowest BCUT2D eigenvalue weighted by molar-refractivity contribution is -0.124. The molecule has 1 amide bonds. The summed E-state index contributed by atoms with van der Waals surface area (Å²) in [5.41, 5.74) is 10.1. The van der Waals surface area contributed by atoms with Gasteiger partial charge >= 0.3 is 0 Å². The van der Waals surface area contributed by atoms with E-state index >= 15 is 0 Å². The fraction of sp³-hybridized carbons (Fsp3) is 0.259. The standard InChI is InChI=1S/C27H29N5O2/c1-18-22(16-29-30-18)17-32(13-12-21-15-28-25-5-3-2-4-23(21)25)26-10-8-20-14-19(6-9-24(20)26)7-11-27(33)31-34/h2-7,9,11,14-16,26,28,34H,8,10,12-13,17H2,1H3,(H,29,30)(H,31,33). The molecule has 0 bridgehead atoms. The molecule has 4 aromatic rings. The highest BCUT2D eigenvalue weighted by atomic mass is 16.5. The molecule has 0 spiro atoms. The number of aryl methyl sites for hydroxylation is 2. The van der Waals surface area contributed by atoms with Crippen LogP contribution in [0.5, 0.6) is 0 Å². The quantitative estimate of drug-likeness (QED) is 0.179. The van der Waals surface area contributed by atoms with Gasteiger partial charge in [0.25, 0.3) is 5.91 Å². The molecular weight excluding hydrogens is 426 g/mol. The second-order valence-corrected chi connectivity index (χ2v) is 8.92. The molecule has 0 saturated carbocycles. The molecule has 1 aliphatic rings. The van der Waals surface area contributed by atoms with Gasteiger partial charge in [0, 0.05) is 53.6 Å². The number of hydrogen-bond acceptors (Lipinski definition) is 4. The molecule has 2 aromatic carbocycles. The number of carbonyl (C=O) groups excluding carboxylic acids is 1. The zero-order valence-electron chi connectivity index (χ0n) is 19.2. The third-order valence-corrected chi connectivity index (χ3v) is 6.84. The van der Waals surface area contributed by atoms with Crippen molar-refractivity contribution in [3.05, 3.63) is 94.4 Å². The Bertz CT molecular complexity index is 1340. The van der Waals surface area contributed by atoms with E-state index < -0.39 is 5.91 Å². The number of rotatable bonds is 8. The van der Waals surface area contributed by atoms with Crippen molar-refractivity contribution in [3.63, 3.8) is 0 Å². The minimum absolute atomic E-state index is 0.327. The first kappa shape index (κ1) is 22.1. The van der Waals surface area contributed by atoms with Gasteiger partial charge in [-0.1, -0.05) is 36.4 Å². The molecule has 2 aromatic heterocycles. The Morgan fingerprint density at radius 2 is 2.15 bits per heavy atom. The van der Waals surface area contributed by atoms with Crippen LogP contribution in [0.25, 0.3) is 17.0 Å². The number of amides is 1. The van der Waals surface area contributed by atoms with Crippen LogP contribution in [-0.4, -0.2) is 37.7 Å². The molecule has 1 unspecified atom stereocenters. The Morgan fingerprint density at radius 1 is 1.26 bits per heavy atom. The van der Waals surface area contributed by atoms with Crippen molar-refractivity contribution in [2.75, 3.05) is 6.54 Å². The summed E-state index contributed by atoms with van der Waals surface area (Å²) in [6.45, 7) is 3.85. The molecule has 0 radical (unpaired) electrons. The topological polar surface area (TPSA) is 97.0 Å². The molecule has 1 atom stereocenters. The maximum atomic E-state index is 11.3. The van der Waals surface area contributed by atoms with Crippen molar-refractivity contribution < 1.29 is 10.0 Å². The van der Waals surface area contributed by atoms with Crippen molar-refractivity contribution in [3.8, 4) is 0 Å². The highest BCUT2D eigenvalue weighted by Crippen LogP contribution is 2.37. The van der Waals surface area contributed by atoms with E-state index in [1.165, 1.54) is 39.2 Å². The smallest absolute Gasteiger partial charge is 0.267 e. The molecule has 1 aliphatic carbocycles. The van der Waals surface area contributed by atoms with Gasteiger partial charge in [0.15, 0.2) is 0 Å². The minimum atomic E-state index is -0.530. The van der Waals surface area contributed by atoms with E-state index in [1.54, 1.807) is 11.6 Å². The van der Waals surface area contributed by atoms with Crippen LogP contribution in [0.4, 0.5) is 0 Å². The molecule has 2 heterocycles. The summed E-state index contributed by atoms with van der Waals surface area (Å²) in [7, 11) is 0. The van der Waals surface area contributed by atoms with Gasteiger partial charge in [-0.3, -0.25) is 20.0 Å². The third-order valence-electron chi connectivity index (χ3n) is 6.84. The number of nitrogens with one attached hydrogen (secondary N) is 3. The number of benzene rings is 2. The highest BCUT2D eigenvalue weighted by molar-refractivity contribution is 5.90. The van der Waals surface area contributed by atoms with Crippen molar-refractivity contribution in [1.29, 1.82) is 0 Å². The van der Waals surface area contributed by atoms with Crippen LogP contribution >= 0.6 is 0 Å². The van der Waals surface area contributed by atoms with E-state index in [-0.39, 0.29) is 0 Å². The van der Waals surface area contributed by atoms with Gasteiger partial charge in [0.05, 0.1) is 6.20 Å². The van der Waals surface area contributed by atoms with Crippen LogP contribution in [0.2, 0.25) is 0 Å². The van der Waals surface area contributed by atoms with E-state index in [2.05, 4.69) is 69.6 Å². The Balaban J connectivity index is 1.39. The van der Waals surface area contributed by atoms with Gasteiger partial charge in [0.2, 0.25) is 0 Å². The molecule has 7 nitrogen and oxygen atoms in total. The van der Waals surface area contributed by atoms with Gasteiger partial charge in [-0.15, -0.1) is 0 Å². The van der Waals surface area contributed by atoms with E-state index in [0.717, 1.165) is 43.6 Å². The number of nitrogens with zero attached hydrogens (tertiary/aromatic N) is 2. The Labute approximate surface area is 198 Å². The van der Waals surface area contributed by atoms with Gasteiger partial charge in [0.1, 0.15) is 0 Å². The lowest BCUT2D eigenvalue weighted by Crippen LogP contribution is -2.29. The van der Waals surface area contributed by atoms with Crippen LogP contribution in [0.3, 0.4) is 0 Å². The first-order valence-corrected chi connectivity index (χ1v) is 11.6. The summed E-state index contributed by atoms with van der Waals surface area (Å²) in [5, 5.41) is 17.3. The first-order valence-electron chi connectivity index (χ1n) is 11.6. The molecule has 34 heavy (non-hydrogen) atoms. The van der Waals surface area contributed by atoms with Crippen molar-refractivity contribution in [2.24, 2.45) is 0 Å². The second-order valence-electron chi connectivity index (χ2n) is 8.92. The summed E-state index contributed by atoms with van der Waals surface area (Å²) in [5.74, 6) is -0.530. The molecule has 4 N–H and O–H groups in total. The first-order chi connectivity index (χ1) is 16.6. The van der Waals surface area contributed by atoms with Gasteiger partial charge in [-0.2, -0.15) is 5.10 Å². The summed E-state index contributed by atoms with van der Waals surface area (Å²) in [6.07, 6.45) is 10.2. The Morgan fingerprint density at radius 3 is 2.97 bits per heavy atom. The summed E-state index contributed by atoms with van der Waals surface area (Å²) >= 11 is 0. The fourth-order valence-electron chi connectivity index (χ4n) is 5.01. The monoisotopic (exact) mass is 455 g/mol. The van der Waals surface area contributed by atoms with Gasteiger partial charge in [-0.25, -0.2) is 5.48 Å². The highest BCUT2D eigenvalue weighted by Gasteiger charge is 2.28. The molecule has 0 saturated heterocycles. The van der Waals surface area contributed by atoms with Gasteiger partial charge < -0.3 is 4.98 Å². The Hall–Kier alpha value is -3.68. The number of hydroxylamine groups is 1. The predicted molar refractivity (Wildman–Crippen MR) is 132 cm³/mol. The molecule has 5 rings (SSSR count). The molecule has 7 heteroatoms. The van der Waals surface area contributed by atoms with Crippen molar-refractivity contribution in [1.82, 2.24) is 25.6 Å². The molecule has 0 aliphatic heterocycles. The second kappa shape index (κ2) is 9.67. The number of aromatic amines is 2. The lowest BCUT2D eigenvalue weighted by atomic mass is 10.0. The van der Waals surface area contributed by atoms with E-state index in [1.807, 2.05) is 12.3 Å². The predicted octanol–water partition coefficient (Wildman–Crippen LogP) is 4.45. The zero-order valence-corrected chi connectivity index (χ0v) is 19.2. The van der Waals surface area contributed by atoms with Crippen LogP contribution < -0.4 is 5.48 Å². The number of carbonyl (C=O) groups is 1. The zero-order chi connectivity index (χ0) is 23.5. The largest absolute Gasteiger partial charge is 0.361 e.